The lowest BCUT2D eigenvalue weighted by Gasteiger charge is -2.33. The summed E-state index contributed by atoms with van der Waals surface area (Å²) < 4.78 is 11.3. The first kappa shape index (κ1) is 16.3. The average molecular weight is 333 g/mol. The van der Waals surface area contributed by atoms with E-state index >= 15 is 0 Å². The molecule has 4 rings (SSSR count). The minimum Gasteiger partial charge on any atom is -0.457 e. The molecule has 0 aromatic heterocycles. The van der Waals surface area contributed by atoms with Crippen molar-refractivity contribution in [1.82, 2.24) is 4.90 Å². The number of hydrogen-bond acceptors (Lipinski definition) is 5. The zero-order valence-electron chi connectivity index (χ0n) is 14.6. The number of nitrogens with zero attached hydrogens (tertiary/aromatic N) is 1. The number of carbonyl (C=O) groups is 1. The number of hydrogen-bond donors (Lipinski definition) is 1. The van der Waals surface area contributed by atoms with Crippen molar-refractivity contribution in [3.05, 3.63) is 23.8 Å². The lowest BCUT2D eigenvalue weighted by atomic mass is 9.88. The van der Waals surface area contributed by atoms with Gasteiger partial charge in [-0.3, -0.25) is 9.69 Å². The van der Waals surface area contributed by atoms with Gasteiger partial charge in [0.2, 0.25) is 0 Å². The molecule has 0 aromatic carbocycles. The third kappa shape index (κ3) is 2.83. The second-order valence-corrected chi connectivity index (χ2v) is 7.96. The first-order valence-electron chi connectivity index (χ1n) is 9.05. The molecule has 1 N–H and O–H groups in total. The number of ether oxygens (including phenoxy) is 2. The maximum Gasteiger partial charge on any atom is 0.303 e. The molecule has 0 spiro atoms. The van der Waals surface area contributed by atoms with Crippen LogP contribution in [0.1, 0.15) is 40.0 Å². The predicted molar refractivity (Wildman–Crippen MR) is 89.4 cm³/mol. The third-order valence-electron chi connectivity index (χ3n) is 5.81. The van der Waals surface area contributed by atoms with Crippen LogP contribution >= 0.6 is 0 Å². The fourth-order valence-corrected chi connectivity index (χ4v) is 4.41. The largest absolute Gasteiger partial charge is 0.457 e. The Hall–Kier alpha value is -1.17. The van der Waals surface area contributed by atoms with E-state index in [2.05, 4.69) is 30.1 Å². The third-order valence-corrected chi connectivity index (χ3v) is 5.81. The maximum atomic E-state index is 11.6. The minimum absolute atomic E-state index is 0.0625. The van der Waals surface area contributed by atoms with Gasteiger partial charge in [-0.15, -0.1) is 0 Å². The molecule has 4 aliphatic rings. The number of esters is 1. The van der Waals surface area contributed by atoms with E-state index < -0.39 is 11.7 Å². The van der Waals surface area contributed by atoms with E-state index in [-0.39, 0.29) is 30.3 Å². The van der Waals surface area contributed by atoms with Gasteiger partial charge in [0.25, 0.3) is 0 Å². The Balaban J connectivity index is 1.62. The van der Waals surface area contributed by atoms with Crippen molar-refractivity contribution in [1.29, 1.82) is 0 Å². The van der Waals surface area contributed by atoms with Gasteiger partial charge in [0.15, 0.2) is 6.10 Å². The molecule has 1 aliphatic carbocycles. The molecule has 4 fully saturated rings. The van der Waals surface area contributed by atoms with Crippen molar-refractivity contribution in [3.63, 3.8) is 0 Å². The molecule has 3 saturated heterocycles. The summed E-state index contributed by atoms with van der Waals surface area (Å²) in [6, 6.07) is -0.218. The Morgan fingerprint density at radius 1 is 1.33 bits per heavy atom. The van der Waals surface area contributed by atoms with Gasteiger partial charge in [-0.1, -0.05) is 23.8 Å². The first-order valence-corrected chi connectivity index (χ1v) is 9.05. The number of epoxide rings is 1. The van der Waals surface area contributed by atoms with Crippen LogP contribution in [0.4, 0.5) is 0 Å². The summed E-state index contributed by atoms with van der Waals surface area (Å²) in [7, 11) is 0. The molecule has 1 saturated carbocycles. The van der Waals surface area contributed by atoms with Crippen LogP contribution in [0.25, 0.3) is 0 Å². The number of allylic oxidation sites excluding steroid dienone is 3. The Labute approximate surface area is 143 Å². The summed E-state index contributed by atoms with van der Waals surface area (Å²) >= 11 is 0. The monoisotopic (exact) mass is 333 g/mol. The van der Waals surface area contributed by atoms with Crippen LogP contribution in [0.5, 0.6) is 0 Å². The van der Waals surface area contributed by atoms with E-state index in [1.54, 1.807) is 6.92 Å². The summed E-state index contributed by atoms with van der Waals surface area (Å²) in [6.07, 6.45) is 9.86. The van der Waals surface area contributed by atoms with E-state index in [0.29, 0.717) is 0 Å². The smallest absolute Gasteiger partial charge is 0.303 e. The van der Waals surface area contributed by atoms with Crippen LogP contribution in [0.15, 0.2) is 23.8 Å². The van der Waals surface area contributed by atoms with Gasteiger partial charge in [-0.25, -0.2) is 0 Å². The first-order chi connectivity index (χ1) is 11.4. The van der Waals surface area contributed by atoms with Crippen LogP contribution in [-0.2, 0) is 14.3 Å². The Bertz CT molecular complexity index is 592. The molecule has 0 bridgehead atoms. The molecule has 5 heteroatoms. The second kappa shape index (κ2) is 5.68. The number of rotatable bonds is 4. The topological polar surface area (TPSA) is 62.3 Å². The fraction of sp³-hybridized carbons (Fsp3) is 0.737. The van der Waals surface area contributed by atoms with E-state index in [1.165, 1.54) is 19.8 Å². The lowest BCUT2D eigenvalue weighted by molar-refractivity contribution is -0.158. The molecule has 0 amide bonds. The average Bonchev–Trinajstić information content (AvgIpc) is 3.40. The molecule has 5 nitrogen and oxygen atoms in total. The highest BCUT2D eigenvalue weighted by atomic mass is 16.6. The van der Waals surface area contributed by atoms with Gasteiger partial charge in [-0.2, -0.15) is 0 Å². The SMILES string of the molecule is CC(=O)O[C@H]1[C@H](/C=C(C)/C=C/C2CC2)N2CC[C@H]3O[C@H]3[C@@H]2[C@]1(C)O. The number of piperidine rings is 1. The summed E-state index contributed by atoms with van der Waals surface area (Å²) in [5, 5.41) is 11.2. The molecule has 3 aliphatic heterocycles. The second-order valence-electron chi connectivity index (χ2n) is 7.96. The Morgan fingerprint density at radius 2 is 2.08 bits per heavy atom. The van der Waals surface area contributed by atoms with E-state index in [0.717, 1.165) is 24.5 Å². The molecule has 0 aromatic rings. The van der Waals surface area contributed by atoms with Crippen molar-refractivity contribution in [2.75, 3.05) is 6.54 Å². The Kier molecular flexibility index (Phi) is 3.86. The summed E-state index contributed by atoms with van der Waals surface area (Å²) in [5.41, 5.74) is 0.0482. The van der Waals surface area contributed by atoms with E-state index in [9.17, 15) is 9.90 Å². The summed E-state index contributed by atoms with van der Waals surface area (Å²) in [5.74, 6) is 0.380. The quantitative estimate of drug-likeness (QED) is 0.483. The molecule has 24 heavy (non-hydrogen) atoms. The molecule has 0 radical (unpaired) electrons. The normalized spacial score (nSPS) is 45.2. The highest BCUT2D eigenvalue weighted by Gasteiger charge is 2.66. The highest BCUT2D eigenvalue weighted by Crippen LogP contribution is 2.48. The number of carbonyl (C=O) groups excluding carboxylic acids is 1. The van der Waals surface area contributed by atoms with Gasteiger partial charge in [0.05, 0.1) is 18.2 Å². The van der Waals surface area contributed by atoms with Gasteiger partial charge in [-0.05, 0) is 39.0 Å². The van der Waals surface area contributed by atoms with Crippen molar-refractivity contribution < 1.29 is 19.4 Å². The summed E-state index contributed by atoms with van der Waals surface area (Å²) in [6.45, 7) is 6.13. The molecular formula is C19H27NO4. The van der Waals surface area contributed by atoms with Crippen LogP contribution in [0.2, 0.25) is 0 Å². The number of aliphatic hydroxyl groups is 1. The fourth-order valence-electron chi connectivity index (χ4n) is 4.41. The van der Waals surface area contributed by atoms with Gasteiger partial charge >= 0.3 is 5.97 Å². The van der Waals surface area contributed by atoms with Crippen LogP contribution < -0.4 is 0 Å². The van der Waals surface area contributed by atoms with Gasteiger partial charge in [0, 0.05) is 13.5 Å². The molecule has 3 heterocycles. The number of fused-ring (bicyclic) bond motifs is 3. The highest BCUT2D eigenvalue weighted by molar-refractivity contribution is 5.66. The maximum absolute atomic E-state index is 11.6. The standard InChI is InChI=1S/C19H27NO4/c1-11(4-5-13-6-7-13)10-14-18(23-12(2)21)19(3,22)17-16-15(24-16)8-9-20(14)17/h4-5,10,13-18,22H,6-9H2,1-3H3/b5-4+,11-10+/t14-,15+,16+,17+,18-,19-/m0/s1. The minimum atomic E-state index is -1.10. The van der Waals surface area contributed by atoms with Crippen LogP contribution in [0, 0.1) is 5.92 Å². The summed E-state index contributed by atoms with van der Waals surface area (Å²) in [4.78, 5) is 13.9. The predicted octanol–water partition coefficient (Wildman–Crippen LogP) is 1.81. The van der Waals surface area contributed by atoms with Crippen molar-refractivity contribution >= 4 is 5.97 Å². The van der Waals surface area contributed by atoms with Crippen LogP contribution in [0.3, 0.4) is 0 Å². The van der Waals surface area contributed by atoms with E-state index in [4.69, 9.17) is 9.47 Å². The van der Waals surface area contributed by atoms with Crippen molar-refractivity contribution in [2.24, 2.45) is 5.92 Å². The zero-order chi connectivity index (χ0) is 17.1. The molecule has 6 atom stereocenters. The zero-order valence-corrected chi connectivity index (χ0v) is 14.6. The molecule has 132 valence electrons. The van der Waals surface area contributed by atoms with Crippen LogP contribution in [-0.4, -0.2) is 58.5 Å². The lowest BCUT2D eigenvalue weighted by Crippen LogP contribution is -2.53. The van der Waals surface area contributed by atoms with Gasteiger partial charge < -0.3 is 14.6 Å². The van der Waals surface area contributed by atoms with Gasteiger partial charge in [0.1, 0.15) is 11.7 Å². The van der Waals surface area contributed by atoms with E-state index in [1.807, 2.05) is 0 Å². The molecule has 0 unspecified atom stereocenters. The Morgan fingerprint density at radius 3 is 2.75 bits per heavy atom. The van der Waals surface area contributed by atoms with Crippen molar-refractivity contribution in [3.8, 4) is 0 Å². The molecular weight excluding hydrogens is 306 g/mol. The van der Waals surface area contributed by atoms with Crippen molar-refractivity contribution in [2.45, 2.75) is 76.0 Å².